The molecule has 0 fully saturated rings. The number of ketones is 1. The zero-order valence-electron chi connectivity index (χ0n) is 17.4. The van der Waals surface area contributed by atoms with Crippen molar-refractivity contribution in [2.45, 2.75) is 19.8 Å². The Morgan fingerprint density at radius 1 is 1.03 bits per heavy atom. The van der Waals surface area contributed by atoms with Crippen molar-refractivity contribution in [1.82, 2.24) is 0 Å². The third kappa shape index (κ3) is 4.27. The second-order valence-corrected chi connectivity index (χ2v) is 7.61. The number of allylic oxidation sites excluding steroid dienone is 1. The molecule has 7 heteroatoms. The maximum absolute atomic E-state index is 12.7. The number of hydrogen-bond acceptors (Lipinski definition) is 6. The molecule has 3 aromatic carbocycles. The van der Waals surface area contributed by atoms with Crippen molar-refractivity contribution in [1.29, 1.82) is 0 Å². The van der Waals surface area contributed by atoms with Crippen molar-refractivity contribution in [2.75, 3.05) is 0 Å². The Morgan fingerprint density at radius 2 is 1.72 bits per heavy atom. The number of ether oxygens (including phenoxy) is 2. The van der Waals surface area contributed by atoms with Crippen LogP contribution in [0.3, 0.4) is 0 Å². The van der Waals surface area contributed by atoms with Crippen molar-refractivity contribution in [3.05, 3.63) is 105 Å². The van der Waals surface area contributed by atoms with Crippen LogP contribution >= 0.6 is 0 Å². The van der Waals surface area contributed by atoms with Crippen molar-refractivity contribution >= 4 is 23.5 Å². The Morgan fingerprint density at radius 3 is 2.34 bits per heavy atom. The monoisotopic (exact) mass is 429 g/mol. The second kappa shape index (κ2) is 8.47. The van der Waals surface area contributed by atoms with E-state index >= 15 is 0 Å². The number of carbonyl (C=O) groups is 2. The molecule has 3 aromatic rings. The zero-order chi connectivity index (χ0) is 22.8. The molecule has 7 nitrogen and oxygen atoms in total. The first-order valence-electron chi connectivity index (χ1n) is 9.96. The van der Waals surface area contributed by atoms with E-state index in [1.807, 2.05) is 24.3 Å². The topological polar surface area (TPSA) is 95.7 Å². The van der Waals surface area contributed by atoms with E-state index in [1.54, 1.807) is 12.1 Å². The molecular weight excluding hydrogens is 410 g/mol. The number of esters is 1. The van der Waals surface area contributed by atoms with Gasteiger partial charge < -0.3 is 9.47 Å². The molecule has 0 spiro atoms. The molecule has 0 N–H and O–H groups in total. The maximum Gasteiger partial charge on any atom is 0.343 e. The minimum absolute atomic E-state index is 0.121. The number of Topliss-reactive ketones (excluding diaryl/α,β-unsaturated/α-hetero) is 1. The average Bonchev–Trinajstić information content (AvgIpc) is 3.08. The summed E-state index contributed by atoms with van der Waals surface area (Å²) < 4.78 is 11.0. The highest BCUT2D eigenvalue weighted by Gasteiger charge is 2.28. The first-order valence-corrected chi connectivity index (χ1v) is 9.96. The Kier molecular flexibility index (Phi) is 5.55. The van der Waals surface area contributed by atoms with Crippen LogP contribution in [0, 0.1) is 10.1 Å². The number of non-ortho nitro benzene ring substituents is 1. The van der Waals surface area contributed by atoms with Gasteiger partial charge in [-0.05, 0) is 47.4 Å². The first-order chi connectivity index (χ1) is 15.3. The van der Waals surface area contributed by atoms with Crippen LogP contribution in [-0.4, -0.2) is 16.7 Å². The minimum Gasteiger partial charge on any atom is -0.452 e. The van der Waals surface area contributed by atoms with Gasteiger partial charge in [0.2, 0.25) is 5.78 Å². The van der Waals surface area contributed by atoms with E-state index in [9.17, 15) is 19.7 Å². The van der Waals surface area contributed by atoms with E-state index in [2.05, 4.69) is 13.8 Å². The first kappa shape index (κ1) is 21.0. The summed E-state index contributed by atoms with van der Waals surface area (Å²) in [6.45, 7) is 4.22. The van der Waals surface area contributed by atoms with Crippen LogP contribution in [0.4, 0.5) is 5.69 Å². The fraction of sp³-hybridized carbons (Fsp3) is 0.120. The predicted molar refractivity (Wildman–Crippen MR) is 118 cm³/mol. The normalized spacial score (nSPS) is 13.7. The van der Waals surface area contributed by atoms with Crippen LogP contribution in [0.1, 0.15) is 51.6 Å². The standard InChI is InChI=1S/C25H19NO6/c1-15(2)17-5-3-16(4-6-17)13-23-24(27)21-12-11-20(14-22(21)32-23)31-25(28)18-7-9-19(10-8-18)26(29)30/h3-15H,1-2H3. The fourth-order valence-corrected chi connectivity index (χ4v) is 3.24. The van der Waals surface area contributed by atoms with Crippen LogP contribution in [0.25, 0.3) is 6.08 Å². The molecule has 0 radical (unpaired) electrons. The average molecular weight is 429 g/mol. The van der Waals surface area contributed by atoms with Gasteiger partial charge >= 0.3 is 5.97 Å². The number of fused-ring (bicyclic) bond motifs is 1. The third-order valence-corrected chi connectivity index (χ3v) is 5.07. The van der Waals surface area contributed by atoms with Crippen LogP contribution in [0.15, 0.2) is 72.5 Å². The summed E-state index contributed by atoms with van der Waals surface area (Å²) in [6, 6.07) is 17.5. The van der Waals surface area contributed by atoms with Gasteiger partial charge in [-0.15, -0.1) is 0 Å². The highest BCUT2D eigenvalue weighted by molar-refractivity contribution is 6.14. The molecule has 160 valence electrons. The number of nitro groups is 1. The van der Waals surface area contributed by atoms with Crippen molar-refractivity contribution in [3.63, 3.8) is 0 Å². The van der Waals surface area contributed by atoms with Gasteiger partial charge in [0, 0.05) is 18.2 Å². The summed E-state index contributed by atoms with van der Waals surface area (Å²) in [5, 5.41) is 10.7. The molecule has 0 aromatic heterocycles. The lowest BCUT2D eigenvalue weighted by atomic mass is 10.0. The highest BCUT2D eigenvalue weighted by Crippen LogP contribution is 2.35. The lowest BCUT2D eigenvalue weighted by molar-refractivity contribution is -0.384. The largest absolute Gasteiger partial charge is 0.452 e. The molecule has 1 heterocycles. The van der Waals surface area contributed by atoms with Crippen molar-refractivity contribution in [3.8, 4) is 11.5 Å². The van der Waals surface area contributed by atoms with E-state index in [0.717, 1.165) is 5.56 Å². The number of benzene rings is 3. The number of nitrogens with zero attached hydrogens (tertiary/aromatic N) is 1. The van der Waals surface area contributed by atoms with Crippen molar-refractivity contribution < 1.29 is 24.0 Å². The minimum atomic E-state index is -0.676. The molecule has 0 saturated heterocycles. The van der Waals surface area contributed by atoms with Crippen LogP contribution < -0.4 is 9.47 Å². The van der Waals surface area contributed by atoms with Gasteiger partial charge in [-0.3, -0.25) is 14.9 Å². The number of carbonyl (C=O) groups excluding carboxylic acids is 2. The van der Waals surface area contributed by atoms with Crippen molar-refractivity contribution in [2.24, 2.45) is 0 Å². The molecule has 0 amide bonds. The third-order valence-electron chi connectivity index (χ3n) is 5.07. The molecule has 0 saturated carbocycles. The van der Waals surface area contributed by atoms with Gasteiger partial charge in [0.05, 0.1) is 16.1 Å². The number of nitro benzene ring substituents is 1. The second-order valence-electron chi connectivity index (χ2n) is 7.61. The molecule has 0 atom stereocenters. The summed E-state index contributed by atoms with van der Waals surface area (Å²) in [5.74, 6) is 0.177. The maximum atomic E-state index is 12.7. The van der Waals surface area contributed by atoms with E-state index in [4.69, 9.17) is 9.47 Å². The number of rotatable bonds is 5. The van der Waals surface area contributed by atoms with Crippen LogP contribution in [0.5, 0.6) is 11.5 Å². The van der Waals surface area contributed by atoms with E-state index in [1.165, 1.54) is 42.0 Å². The van der Waals surface area contributed by atoms with Gasteiger partial charge in [-0.2, -0.15) is 0 Å². The summed E-state index contributed by atoms with van der Waals surface area (Å²) in [6.07, 6.45) is 1.68. The van der Waals surface area contributed by atoms with Crippen LogP contribution in [0.2, 0.25) is 0 Å². The fourth-order valence-electron chi connectivity index (χ4n) is 3.24. The molecule has 0 bridgehead atoms. The molecule has 32 heavy (non-hydrogen) atoms. The van der Waals surface area contributed by atoms with Gasteiger partial charge in [0.25, 0.3) is 5.69 Å². The Balaban J connectivity index is 1.50. The van der Waals surface area contributed by atoms with Gasteiger partial charge in [0.15, 0.2) is 5.76 Å². The van der Waals surface area contributed by atoms with E-state index < -0.39 is 10.9 Å². The lowest BCUT2D eigenvalue weighted by Gasteiger charge is -2.06. The zero-order valence-corrected chi connectivity index (χ0v) is 17.4. The molecule has 1 aliphatic heterocycles. The summed E-state index contributed by atoms with van der Waals surface area (Å²) in [4.78, 5) is 35.2. The smallest absolute Gasteiger partial charge is 0.343 e. The molecule has 1 aliphatic rings. The highest BCUT2D eigenvalue weighted by atomic mass is 16.6. The van der Waals surface area contributed by atoms with E-state index in [0.29, 0.717) is 17.2 Å². The molecule has 0 unspecified atom stereocenters. The quantitative estimate of drug-likeness (QED) is 0.173. The number of hydrogen-bond donors (Lipinski definition) is 0. The van der Waals surface area contributed by atoms with Gasteiger partial charge in [-0.1, -0.05) is 38.1 Å². The molecule has 0 aliphatic carbocycles. The summed E-state index contributed by atoms with van der Waals surface area (Å²) in [5.41, 5.74) is 2.47. The Hall–Kier alpha value is -4.26. The Labute approximate surface area is 184 Å². The Bertz CT molecular complexity index is 1240. The van der Waals surface area contributed by atoms with Gasteiger partial charge in [-0.25, -0.2) is 4.79 Å². The van der Waals surface area contributed by atoms with Gasteiger partial charge in [0.1, 0.15) is 11.5 Å². The molecular formula is C25H19NO6. The summed E-state index contributed by atoms with van der Waals surface area (Å²) >= 11 is 0. The van der Waals surface area contributed by atoms with E-state index in [-0.39, 0.29) is 28.5 Å². The SMILES string of the molecule is CC(C)c1ccc(C=C2Oc3cc(OC(=O)c4ccc([N+](=O)[O-])cc4)ccc3C2=O)cc1. The molecule has 4 rings (SSSR count). The van der Waals surface area contributed by atoms with Crippen LogP contribution in [-0.2, 0) is 0 Å². The summed E-state index contributed by atoms with van der Waals surface area (Å²) in [7, 11) is 0. The lowest BCUT2D eigenvalue weighted by Crippen LogP contribution is -2.08. The predicted octanol–water partition coefficient (Wildman–Crippen LogP) is 5.55.